The Morgan fingerprint density at radius 3 is 2.56 bits per heavy atom. The lowest BCUT2D eigenvalue weighted by Crippen LogP contribution is -2.52. The van der Waals surface area contributed by atoms with Gasteiger partial charge in [-0.2, -0.15) is 0 Å². The molecule has 0 amide bonds. The molecule has 1 aromatic heterocycles. The van der Waals surface area contributed by atoms with Crippen LogP contribution in [0.5, 0.6) is 0 Å². The van der Waals surface area contributed by atoms with Crippen LogP contribution in [0.25, 0.3) is 0 Å². The van der Waals surface area contributed by atoms with Crippen molar-refractivity contribution < 1.29 is 4.52 Å². The van der Waals surface area contributed by atoms with Crippen molar-refractivity contribution in [2.24, 2.45) is 4.99 Å². The molecular weight excluding hydrogens is 473 g/mol. The molecular formula is C19H28IN5OS. The van der Waals surface area contributed by atoms with E-state index in [1.165, 1.54) is 10.5 Å². The van der Waals surface area contributed by atoms with Gasteiger partial charge >= 0.3 is 0 Å². The number of aromatic nitrogens is 1. The van der Waals surface area contributed by atoms with Crippen LogP contribution < -0.4 is 5.32 Å². The predicted octanol–water partition coefficient (Wildman–Crippen LogP) is 3.09. The molecule has 1 aliphatic heterocycles. The number of nitrogens with zero attached hydrogens (tertiary/aromatic N) is 4. The van der Waals surface area contributed by atoms with Crippen molar-refractivity contribution in [1.29, 1.82) is 0 Å². The van der Waals surface area contributed by atoms with Crippen molar-refractivity contribution in [1.82, 2.24) is 20.3 Å². The third kappa shape index (κ3) is 7.00. The molecule has 0 aliphatic carbocycles. The summed E-state index contributed by atoms with van der Waals surface area (Å²) in [7, 11) is 1.86. The summed E-state index contributed by atoms with van der Waals surface area (Å²) >= 11 is 1.87. The molecule has 1 N–H and O–H groups in total. The number of thioether (sulfide) groups is 1. The molecule has 3 rings (SSSR count). The quantitative estimate of drug-likeness (QED) is 0.216. The average Bonchev–Trinajstić information content (AvgIpc) is 3.17. The van der Waals surface area contributed by atoms with Crippen LogP contribution in [0.1, 0.15) is 11.3 Å². The van der Waals surface area contributed by atoms with Crippen molar-refractivity contribution in [2.75, 3.05) is 45.5 Å². The molecule has 6 nitrogen and oxygen atoms in total. The van der Waals surface area contributed by atoms with Crippen molar-refractivity contribution in [3.63, 3.8) is 0 Å². The summed E-state index contributed by atoms with van der Waals surface area (Å²) in [6.07, 6.45) is 1.63. The molecule has 0 radical (unpaired) electrons. The van der Waals surface area contributed by atoms with Gasteiger partial charge in [0.15, 0.2) is 5.96 Å². The van der Waals surface area contributed by atoms with E-state index < -0.39 is 0 Å². The Hall–Kier alpha value is -1.26. The summed E-state index contributed by atoms with van der Waals surface area (Å²) in [6, 6.07) is 10.6. The lowest BCUT2D eigenvalue weighted by atomic mass is 10.2. The molecule has 0 atom stereocenters. The molecule has 0 bridgehead atoms. The molecule has 0 saturated carbocycles. The zero-order valence-electron chi connectivity index (χ0n) is 15.9. The number of rotatable bonds is 6. The van der Waals surface area contributed by atoms with E-state index in [4.69, 9.17) is 4.52 Å². The molecule has 148 valence electrons. The van der Waals surface area contributed by atoms with E-state index in [1.807, 2.05) is 24.9 Å². The van der Waals surface area contributed by atoms with E-state index >= 15 is 0 Å². The molecule has 1 aliphatic rings. The smallest absolute Gasteiger partial charge is 0.193 e. The topological polar surface area (TPSA) is 56.9 Å². The maximum Gasteiger partial charge on any atom is 0.193 e. The highest BCUT2D eigenvalue weighted by Crippen LogP contribution is 2.17. The van der Waals surface area contributed by atoms with Crippen LogP contribution in [-0.4, -0.2) is 66.4 Å². The molecule has 1 saturated heterocycles. The fourth-order valence-electron chi connectivity index (χ4n) is 2.96. The van der Waals surface area contributed by atoms with E-state index in [1.54, 1.807) is 6.26 Å². The zero-order chi connectivity index (χ0) is 18.2. The van der Waals surface area contributed by atoms with E-state index in [-0.39, 0.29) is 24.0 Å². The Morgan fingerprint density at radius 1 is 1.19 bits per heavy atom. The fraction of sp³-hybridized carbons (Fsp3) is 0.474. The fourth-order valence-corrected chi connectivity index (χ4v) is 3.73. The zero-order valence-corrected chi connectivity index (χ0v) is 19.1. The second kappa shape index (κ2) is 11.6. The molecule has 1 fully saturated rings. The van der Waals surface area contributed by atoms with Crippen LogP contribution in [0.3, 0.4) is 0 Å². The molecule has 0 spiro atoms. The van der Waals surface area contributed by atoms with Gasteiger partial charge in [-0.1, -0.05) is 22.9 Å². The summed E-state index contributed by atoms with van der Waals surface area (Å²) < 4.78 is 4.91. The van der Waals surface area contributed by atoms with Crippen LogP contribution in [0, 0.1) is 6.92 Å². The number of hydrogen-bond donors (Lipinski definition) is 1. The Kier molecular flexibility index (Phi) is 9.43. The van der Waals surface area contributed by atoms with Gasteiger partial charge in [0.1, 0.15) is 6.26 Å². The van der Waals surface area contributed by atoms with Crippen molar-refractivity contribution in [3.05, 3.63) is 47.9 Å². The minimum absolute atomic E-state index is 0. The Balaban J connectivity index is 0.00000261. The monoisotopic (exact) mass is 501 g/mol. The second-order valence-electron chi connectivity index (χ2n) is 6.39. The number of aryl methyl sites for hydroxylation is 1. The number of aliphatic imine (C=N–C) groups is 1. The molecule has 8 heteroatoms. The second-order valence-corrected chi connectivity index (χ2v) is 7.56. The lowest BCUT2D eigenvalue weighted by Gasteiger charge is -2.36. The predicted molar refractivity (Wildman–Crippen MR) is 122 cm³/mol. The number of benzene rings is 1. The number of guanidine groups is 1. The van der Waals surface area contributed by atoms with Gasteiger partial charge in [0.2, 0.25) is 0 Å². The molecule has 2 heterocycles. The van der Waals surface area contributed by atoms with Gasteiger partial charge in [0.05, 0.1) is 5.69 Å². The van der Waals surface area contributed by atoms with Gasteiger partial charge in [0, 0.05) is 63.0 Å². The van der Waals surface area contributed by atoms with E-state index in [0.717, 1.165) is 56.7 Å². The normalized spacial score (nSPS) is 15.5. The third-order valence-corrected chi connectivity index (χ3v) is 5.45. The molecule has 0 unspecified atom stereocenters. The largest absolute Gasteiger partial charge is 0.364 e. The minimum Gasteiger partial charge on any atom is -0.364 e. The van der Waals surface area contributed by atoms with Crippen molar-refractivity contribution >= 4 is 41.7 Å². The van der Waals surface area contributed by atoms with Crippen molar-refractivity contribution in [2.45, 2.75) is 18.4 Å². The van der Waals surface area contributed by atoms with E-state index in [0.29, 0.717) is 0 Å². The van der Waals surface area contributed by atoms with Crippen LogP contribution in [0.2, 0.25) is 0 Å². The highest BCUT2D eigenvalue weighted by molar-refractivity contribution is 14.0. The SMILES string of the molecule is CN=C(NCCSc1ccc(C)cc1)N1CCN(Cc2ccon2)CC1.I. The summed E-state index contributed by atoms with van der Waals surface area (Å²) in [6.45, 7) is 7.84. The van der Waals surface area contributed by atoms with Gasteiger partial charge in [-0.3, -0.25) is 9.89 Å². The maximum absolute atomic E-state index is 4.91. The van der Waals surface area contributed by atoms with Gasteiger partial charge in [-0.25, -0.2) is 0 Å². The first-order chi connectivity index (χ1) is 12.7. The molecule has 1 aromatic carbocycles. The van der Waals surface area contributed by atoms with Crippen LogP contribution in [0.15, 0.2) is 51.0 Å². The maximum atomic E-state index is 4.91. The van der Waals surface area contributed by atoms with E-state index in [2.05, 4.69) is 56.5 Å². The standard InChI is InChI=1S/C19H27N5OS.HI/c1-16-3-5-18(6-4-16)26-14-8-21-19(20-2)24-11-9-23(10-12-24)15-17-7-13-25-22-17;/h3-7,13H,8-12,14-15H2,1-2H3,(H,20,21);1H. The van der Waals surface area contributed by atoms with Gasteiger partial charge < -0.3 is 14.7 Å². The van der Waals surface area contributed by atoms with Gasteiger partial charge in [-0.05, 0) is 19.1 Å². The highest BCUT2D eigenvalue weighted by Gasteiger charge is 2.20. The number of halogens is 1. The minimum atomic E-state index is 0. The first-order valence-corrected chi connectivity index (χ1v) is 10.00. The lowest BCUT2D eigenvalue weighted by molar-refractivity contribution is 0.169. The summed E-state index contributed by atoms with van der Waals surface area (Å²) in [5, 5.41) is 7.48. The first-order valence-electron chi connectivity index (χ1n) is 9.01. The highest BCUT2D eigenvalue weighted by atomic mass is 127. The Labute approximate surface area is 182 Å². The van der Waals surface area contributed by atoms with Gasteiger partial charge in [-0.15, -0.1) is 35.7 Å². The van der Waals surface area contributed by atoms with Crippen LogP contribution in [0.4, 0.5) is 0 Å². The number of hydrogen-bond acceptors (Lipinski definition) is 5. The van der Waals surface area contributed by atoms with Crippen molar-refractivity contribution in [3.8, 4) is 0 Å². The summed E-state index contributed by atoms with van der Waals surface area (Å²) in [5.74, 6) is 2.02. The number of piperazine rings is 1. The average molecular weight is 501 g/mol. The third-order valence-electron chi connectivity index (χ3n) is 4.44. The van der Waals surface area contributed by atoms with Crippen LogP contribution in [-0.2, 0) is 6.54 Å². The first kappa shape index (κ1) is 22.0. The van der Waals surface area contributed by atoms with E-state index in [9.17, 15) is 0 Å². The number of nitrogens with one attached hydrogen (secondary N) is 1. The van der Waals surface area contributed by atoms with Gasteiger partial charge in [0.25, 0.3) is 0 Å². The Morgan fingerprint density at radius 2 is 1.93 bits per heavy atom. The summed E-state index contributed by atoms with van der Waals surface area (Å²) in [4.78, 5) is 10.5. The molecule has 2 aromatic rings. The Bertz CT molecular complexity index is 685. The van der Waals surface area contributed by atoms with Crippen LogP contribution >= 0.6 is 35.7 Å². The summed E-state index contributed by atoms with van der Waals surface area (Å²) in [5.41, 5.74) is 2.30. The molecule has 27 heavy (non-hydrogen) atoms.